The summed E-state index contributed by atoms with van der Waals surface area (Å²) in [5.74, 6) is -1.11. The molecule has 3 heterocycles. The molecular weight excluding hydrogens is 880 g/mol. The van der Waals surface area contributed by atoms with E-state index in [-0.39, 0.29) is 35.8 Å². The Morgan fingerprint density at radius 3 is 2.38 bits per heavy atom. The first-order valence-electron chi connectivity index (χ1n) is 20.9. The average Bonchev–Trinajstić information content (AvgIpc) is 3.97. The lowest BCUT2D eigenvalue weighted by Crippen LogP contribution is -2.58. The van der Waals surface area contributed by atoms with Crippen molar-refractivity contribution in [3.05, 3.63) is 107 Å². The number of hydrogen-bond donors (Lipinski definition) is 2. The third-order valence-corrected chi connectivity index (χ3v) is 12.4. The van der Waals surface area contributed by atoms with Crippen molar-refractivity contribution in [1.29, 1.82) is 5.26 Å². The minimum Gasteiger partial charge on any atom is -0.493 e. The van der Waals surface area contributed by atoms with Gasteiger partial charge in [0.25, 0.3) is 11.8 Å². The highest BCUT2D eigenvalue weighted by Gasteiger charge is 2.51. The van der Waals surface area contributed by atoms with E-state index < -0.39 is 52.2 Å². The molecule has 3 aromatic carbocycles. The van der Waals surface area contributed by atoms with Gasteiger partial charge in [0.1, 0.15) is 23.4 Å². The Bertz CT molecular complexity index is 2490. The van der Waals surface area contributed by atoms with Crippen LogP contribution in [-0.2, 0) is 36.6 Å². The number of ether oxygens (including phenoxy) is 2. The summed E-state index contributed by atoms with van der Waals surface area (Å²) in [7, 11) is 0. The van der Waals surface area contributed by atoms with Gasteiger partial charge in [0, 0.05) is 25.2 Å². The maximum Gasteiger partial charge on any atom is 0.417 e. The number of benzene rings is 3. The van der Waals surface area contributed by atoms with Crippen molar-refractivity contribution >= 4 is 63.7 Å². The van der Waals surface area contributed by atoms with E-state index in [2.05, 4.69) is 15.6 Å². The van der Waals surface area contributed by atoms with Crippen molar-refractivity contribution in [3.8, 4) is 22.3 Å². The number of likely N-dealkylation sites (tertiary alicyclic amines) is 1. The third kappa shape index (κ3) is 11.0. The summed E-state index contributed by atoms with van der Waals surface area (Å²) in [6, 6.07) is 17.6. The van der Waals surface area contributed by atoms with Crippen LogP contribution in [0.5, 0.6) is 5.75 Å². The van der Waals surface area contributed by atoms with Gasteiger partial charge in [0.15, 0.2) is 11.7 Å². The molecule has 13 nitrogen and oxygen atoms in total. The van der Waals surface area contributed by atoms with E-state index >= 15 is 0 Å². The number of carbonyl (C=O) groups is 4. The zero-order valence-corrected chi connectivity index (χ0v) is 38.5. The molecule has 4 amide bonds. The topological polar surface area (TPSA) is 157 Å². The lowest BCUT2D eigenvalue weighted by atomic mass is 9.85. The van der Waals surface area contributed by atoms with E-state index in [1.807, 2.05) is 57.5 Å². The Hall–Kier alpha value is -6.32. The minimum atomic E-state index is -4.81. The van der Waals surface area contributed by atoms with Crippen LogP contribution in [0.1, 0.15) is 76.3 Å². The quantitative estimate of drug-likeness (QED) is 0.0679. The van der Waals surface area contributed by atoms with E-state index in [4.69, 9.17) is 21.7 Å². The van der Waals surface area contributed by atoms with Crippen LogP contribution in [0, 0.1) is 23.7 Å². The summed E-state index contributed by atoms with van der Waals surface area (Å²) in [5, 5.41) is 15.0. The lowest BCUT2D eigenvalue weighted by molar-refractivity contribution is -0.144. The number of nitriles is 1. The second-order valence-corrected chi connectivity index (χ2v) is 18.4. The van der Waals surface area contributed by atoms with Gasteiger partial charge in [-0.15, -0.1) is 11.3 Å². The number of amides is 4. The number of hydrogen-bond acceptors (Lipinski definition) is 10. The van der Waals surface area contributed by atoms with Crippen LogP contribution in [0.25, 0.3) is 10.4 Å². The molecule has 0 spiro atoms. The fourth-order valence-electron chi connectivity index (χ4n) is 7.64. The molecule has 2 fully saturated rings. The number of thiocarbonyl (C=S) groups is 1. The first-order chi connectivity index (χ1) is 30.7. The highest BCUT2D eigenvalue weighted by atomic mass is 32.1. The van der Waals surface area contributed by atoms with E-state index in [0.717, 1.165) is 38.7 Å². The fraction of sp³-hybridized carbons (Fsp3) is 0.383. The maximum absolute atomic E-state index is 13.9. The molecule has 1 aromatic heterocycles. The SMILES string of the molecule is Cc1ncsc1-c1ccc(CNC(=O)[C@@H]2CCCN2C(=O)[C@@H](NC(=O)COC=CCCOc2ccc(N3C(=S)N(c4ccc(C#N)c(C(F)(F)F)c4)C(=O)C3(C)C)cc2)C(C)(C)C)cc1. The van der Waals surface area contributed by atoms with Crippen molar-refractivity contribution in [2.75, 3.05) is 29.6 Å². The smallest absolute Gasteiger partial charge is 0.417 e. The van der Waals surface area contributed by atoms with Gasteiger partial charge in [-0.1, -0.05) is 45.0 Å². The van der Waals surface area contributed by atoms with Crippen LogP contribution < -0.4 is 25.2 Å². The Kier molecular flexibility index (Phi) is 14.7. The molecule has 6 rings (SSSR count). The predicted molar refractivity (Wildman–Crippen MR) is 245 cm³/mol. The summed E-state index contributed by atoms with van der Waals surface area (Å²) in [6.07, 6.45) is -0.163. The molecule has 18 heteroatoms. The Morgan fingerprint density at radius 1 is 1.06 bits per heavy atom. The van der Waals surface area contributed by atoms with Crippen LogP contribution in [-0.4, -0.2) is 76.0 Å². The third-order valence-electron chi connectivity index (χ3n) is 11.1. The Balaban J connectivity index is 0.952. The van der Waals surface area contributed by atoms with Gasteiger partial charge in [-0.05, 0) is 111 Å². The normalized spacial score (nSPS) is 16.7. The number of nitrogens with zero attached hydrogens (tertiary/aromatic N) is 5. The molecule has 0 bridgehead atoms. The molecule has 0 aliphatic carbocycles. The second-order valence-electron chi connectivity index (χ2n) is 17.2. The van der Waals surface area contributed by atoms with Crippen molar-refractivity contribution in [2.24, 2.45) is 5.41 Å². The lowest BCUT2D eigenvalue weighted by Gasteiger charge is -2.35. The average molecular weight is 930 g/mol. The van der Waals surface area contributed by atoms with E-state index in [1.165, 1.54) is 18.4 Å². The zero-order valence-electron chi connectivity index (χ0n) is 36.8. The summed E-state index contributed by atoms with van der Waals surface area (Å²) in [5.41, 5.74) is 1.54. The van der Waals surface area contributed by atoms with Gasteiger partial charge >= 0.3 is 6.18 Å². The minimum absolute atomic E-state index is 0.0250. The van der Waals surface area contributed by atoms with Crippen molar-refractivity contribution in [2.45, 2.75) is 91.1 Å². The number of aryl methyl sites for hydroxylation is 1. The zero-order chi connectivity index (χ0) is 47.3. The summed E-state index contributed by atoms with van der Waals surface area (Å²) >= 11 is 7.19. The molecule has 2 saturated heterocycles. The fourth-order valence-corrected chi connectivity index (χ4v) is 8.97. The van der Waals surface area contributed by atoms with Crippen molar-refractivity contribution < 1.29 is 41.8 Å². The number of rotatable bonds is 15. The van der Waals surface area contributed by atoms with Gasteiger partial charge < -0.3 is 29.9 Å². The highest BCUT2D eigenvalue weighted by Crippen LogP contribution is 2.40. The Morgan fingerprint density at radius 2 is 1.75 bits per heavy atom. The Labute approximate surface area is 385 Å². The molecule has 2 atom stereocenters. The molecule has 0 unspecified atom stereocenters. The monoisotopic (exact) mass is 929 g/mol. The molecule has 65 heavy (non-hydrogen) atoms. The van der Waals surface area contributed by atoms with E-state index in [1.54, 1.807) is 65.3 Å². The first-order valence-corrected chi connectivity index (χ1v) is 22.2. The van der Waals surface area contributed by atoms with Crippen molar-refractivity contribution in [3.63, 3.8) is 0 Å². The van der Waals surface area contributed by atoms with Crippen LogP contribution in [0.2, 0.25) is 0 Å². The van der Waals surface area contributed by atoms with Gasteiger partial charge in [0.2, 0.25) is 11.8 Å². The first kappa shape index (κ1) is 48.1. The maximum atomic E-state index is 13.9. The van der Waals surface area contributed by atoms with Crippen LogP contribution in [0.4, 0.5) is 24.5 Å². The number of carbonyl (C=O) groups excluding carboxylic acids is 4. The van der Waals surface area contributed by atoms with E-state index in [0.29, 0.717) is 43.8 Å². The second kappa shape index (κ2) is 19.8. The van der Waals surface area contributed by atoms with Crippen LogP contribution >= 0.6 is 23.6 Å². The number of alkyl halides is 3. The molecule has 2 N–H and O–H groups in total. The number of aromatic nitrogens is 1. The van der Waals surface area contributed by atoms with Gasteiger partial charge in [-0.3, -0.25) is 24.1 Å². The van der Waals surface area contributed by atoms with Crippen LogP contribution in [0.15, 0.2) is 84.6 Å². The summed E-state index contributed by atoms with van der Waals surface area (Å²) in [6.45, 7) is 11.4. The standard InChI is InChI=1S/C47H50F3N7O6S2/c1-29-39(65-28-53-29)31-13-11-30(12-14-31)26-52-41(59)37-10-9-21-55(37)42(60)40(45(2,3)4)54-38(58)27-62-22-7-8-23-63-35-19-17-33(18-20-35)57-44(64)56(43(61)46(57,5)6)34-16-15-32(25-51)36(24-34)47(48,49)50/h7,11-20,22,24,28,37,40H,8-10,21,23,26-27H2,1-6H3,(H,52,59)(H,54,58)/t37-,40+/m0/s1. The molecule has 342 valence electrons. The number of nitrogens with one attached hydrogen (secondary N) is 2. The van der Waals surface area contributed by atoms with Gasteiger partial charge in [-0.2, -0.15) is 18.4 Å². The molecule has 0 saturated carbocycles. The van der Waals surface area contributed by atoms with Crippen LogP contribution in [0.3, 0.4) is 0 Å². The van der Waals surface area contributed by atoms with Crippen molar-refractivity contribution in [1.82, 2.24) is 20.5 Å². The molecule has 0 radical (unpaired) electrons. The number of halogens is 3. The number of anilines is 2. The van der Waals surface area contributed by atoms with Gasteiger partial charge in [0.05, 0.1) is 51.8 Å². The molecule has 2 aliphatic rings. The predicted octanol–water partition coefficient (Wildman–Crippen LogP) is 8.06. The van der Waals surface area contributed by atoms with Gasteiger partial charge in [-0.25, -0.2) is 4.98 Å². The highest BCUT2D eigenvalue weighted by molar-refractivity contribution is 7.81. The molecular formula is C47H50F3N7O6S2. The molecule has 2 aliphatic heterocycles. The van der Waals surface area contributed by atoms with E-state index in [9.17, 15) is 37.6 Å². The largest absolute Gasteiger partial charge is 0.493 e. The molecule has 4 aromatic rings. The summed E-state index contributed by atoms with van der Waals surface area (Å²) < 4.78 is 52.4. The summed E-state index contributed by atoms with van der Waals surface area (Å²) in [4.78, 5) is 63.4. The number of thiazole rings is 1.